The second kappa shape index (κ2) is 6.29. The second-order valence-electron chi connectivity index (χ2n) is 2.89. The highest BCUT2D eigenvalue weighted by molar-refractivity contribution is 6.02. The molecule has 0 spiro atoms. The third-order valence-electron chi connectivity index (χ3n) is 1.84. The van der Waals surface area contributed by atoms with Crippen molar-refractivity contribution in [2.75, 3.05) is 6.54 Å². The first-order valence-electron chi connectivity index (χ1n) is 4.94. The maximum atomic E-state index is 11.0. The first-order valence-corrected chi connectivity index (χ1v) is 4.94. The molecule has 1 fully saturated rings. The Bertz CT molecular complexity index is 220. The van der Waals surface area contributed by atoms with Crippen molar-refractivity contribution < 1.29 is 14.4 Å². The van der Waals surface area contributed by atoms with Gasteiger partial charge in [0.05, 0.1) is 0 Å². The van der Waals surface area contributed by atoms with Crippen LogP contribution in [-0.2, 0) is 14.4 Å². The zero-order valence-corrected chi connectivity index (χ0v) is 9.00. The Morgan fingerprint density at radius 3 is 2.00 bits per heavy atom. The summed E-state index contributed by atoms with van der Waals surface area (Å²) in [5.74, 6) is -0.301. The highest BCUT2D eigenvalue weighted by atomic mass is 16.2. The number of rotatable bonds is 3. The van der Waals surface area contributed by atoms with E-state index in [1.165, 1.54) is 11.8 Å². The zero-order chi connectivity index (χ0) is 11.1. The van der Waals surface area contributed by atoms with Gasteiger partial charge in [0.15, 0.2) is 0 Å². The first kappa shape index (κ1) is 12.8. The SMILES string of the molecule is CC.CC(=O)CCN1C(=O)CCC1=O. The molecule has 0 radical (unpaired) electrons. The predicted octanol–water partition coefficient (Wildman–Crippen LogP) is 1.14. The van der Waals surface area contributed by atoms with Gasteiger partial charge in [-0.05, 0) is 6.92 Å². The van der Waals surface area contributed by atoms with Crippen molar-refractivity contribution in [1.82, 2.24) is 4.90 Å². The number of carbonyl (C=O) groups is 3. The molecular formula is C10H17NO3. The quantitative estimate of drug-likeness (QED) is 0.640. The average Bonchev–Trinajstić information content (AvgIpc) is 2.47. The Labute approximate surface area is 84.3 Å². The summed E-state index contributed by atoms with van der Waals surface area (Å²) in [5, 5.41) is 0. The van der Waals surface area contributed by atoms with Crippen LogP contribution in [0.3, 0.4) is 0 Å². The lowest BCUT2D eigenvalue weighted by atomic mass is 10.3. The van der Waals surface area contributed by atoms with E-state index in [2.05, 4.69) is 0 Å². The number of carbonyl (C=O) groups excluding carboxylic acids is 3. The molecule has 1 rings (SSSR count). The fraction of sp³-hybridized carbons (Fsp3) is 0.700. The lowest BCUT2D eigenvalue weighted by Gasteiger charge is -2.11. The molecule has 0 aromatic heterocycles. The van der Waals surface area contributed by atoms with Gasteiger partial charge in [0.1, 0.15) is 5.78 Å². The van der Waals surface area contributed by atoms with Crippen molar-refractivity contribution >= 4 is 17.6 Å². The number of hydrogen-bond acceptors (Lipinski definition) is 3. The van der Waals surface area contributed by atoms with Crippen LogP contribution in [0.4, 0.5) is 0 Å². The van der Waals surface area contributed by atoms with E-state index in [0.29, 0.717) is 12.8 Å². The van der Waals surface area contributed by atoms with Gasteiger partial charge < -0.3 is 0 Å². The van der Waals surface area contributed by atoms with E-state index < -0.39 is 0 Å². The van der Waals surface area contributed by atoms with E-state index in [0.717, 1.165) is 0 Å². The van der Waals surface area contributed by atoms with Gasteiger partial charge >= 0.3 is 0 Å². The molecule has 1 heterocycles. The Morgan fingerprint density at radius 2 is 1.64 bits per heavy atom. The fourth-order valence-corrected chi connectivity index (χ4v) is 1.14. The highest BCUT2D eigenvalue weighted by Crippen LogP contribution is 2.11. The second-order valence-corrected chi connectivity index (χ2v) is 2.89. The van der Waals surface area contributed by atoms with Gasteiger partial charge in [-0.1, -0.05) is 13.8 Å². The largest absolute Gasteiger partial charge is 0.300 e. The highest BCUT2D eigenvalue weighted by Gasteiger charge is 2.28. The number of likely N-dealkylation sites (tertiary alicyclic amines) is 1. The minimum atomic E-state index is -0.152. The topological polar surface area (TPSA) is 54.5 Å². The fourth-order valence-electron chi connectivity index (χ4n) is 1.14. The standard InChI is InChI=1S/C8H11NO3.C2H6/c1-6(10)4-5-9-7(11)2-3-8(9)12;1-2/h2-5H2,1H3;1-2H3. The van der Waals surface area contributed by atoms with E-state index in [1.54, 1.807) is 0 Å². The molecule has 14 heavy (non-hydrogen) atoms. The lowest BCUT2D eigenvalue weighted by Crippen LogP contribution is -2.30. The lowest BCUT2D eigenvalue weighted by molar-refractivity contribution is -0.138. The van der Waals surface area contributed by atoms with Crippen LogP contribution in [0.5, 0.6) is 0 Å². The smallest absolute Gasteiger partial charge is 0.229 e. The molecule has 0 aromatic rings. The molecule has 80 valence electrons. The molecule has 0 atom stereocenters. The zero-order valence-electron chi connectivity index (χ0n) is 9.00. The monoisotopic (exact) mass is 199 g/mol. The Morgan fingerprint density at radius 1 is 1.21 bits per heavy atom. The van der Waals surface area contributed by atoms with Crippen LogP contribution in [0, 0.1) is 0 Å². The third-order valence-corrected chi connectivity index (χ3v) is 1.84. The molecule has 0 N–H and O–H groups in total. The maximum Gasteiger partial charge on any atom is 0.229 e. The normalized spacial score (nSPS) is 15.2. The van der Waals surface area contributed by atoms with E-state index in [1.807, 2.05) is 13.8 Å². The van der Waals surface area contributed by atoms with Crippen LogP contribution in [-0.4, -0.2) is 29.0 Å². The summed E-state index contributed by atoms with van der Waals surface area (Å²) in [6.45, 7) is 5.71. The number of hydrogen-bond donors (Lipinski definition) is 0. The van der Waals surface area contributed by atoms with Crippen LogP contribution in [0.25, 0.3) is 0 Å². The van der Waals surface area contributed by atoms with Crippen LogP contribution < -0.4 is 0 Å². The molecule has 0 bridgehead atoms. The van der Waals surface area contributed by atoms with Crippen LogP contribution in [0.1, 0.15) is 40.0 Å². The number of Topliss-reactive ketones (excluding diaryl/α,β-unsaturated/α-hetero) is 1. The molecule has 2 amide bonds. The van der Waals surface area contributed by atoms with E-state index in [4.69, 9.17) is 0 Å². The van der Waals surface area contributed by atoms with Crippen molar-refractivity contribution in [3.05, 3.63) is 0 Å². The van der Waals surface area contributed by atoms with Gasteiger partial charge in [-0.15, -0.1) is 0 Å². The number of ketones is 1. The Hall–Kier alpha value is -1.19. The van der Waals surface area contributed by atoms with Crippen LogP contribution in [0.2, 0.25) is 0 Å². The first-order chi connectivity index (χ1) is 6.61. The summed E-state index contributed by atoms with van der Waals surface area (Å²) in [4.78, 5) is 33.7. The molecule has 0 unspecified atom stereocenters. The molecule has 1 aliphatic heterocycles. The maximum absolute atomic E-state index is 11.0. The molecule has 4 nitrogen and oxygen atoms in total. The summed E-state index contributed by atoms with van der Waals surface area (Å²) in [6.07, 6.45) is 0.880. The van der Waals surface area contributed by atoms with Crippen molar-refractivity contribution in [3.63, 3.8) is 0 Å². The summed E-state index contributed by atoms with van der Waals surface area (Å²) in [7, 11) is 0. The number of imide groups is 1. The molecular weight excluding hydrogens is 182 g/mol. The van der Waals surface area contributed by atoms with Crippen molar-refractivity contribution in [2.24, 2.45) is 0 Å². The Balaban J connectivity index is 0.000000791. The van der Waals surface area contributed by atoms with Gasteiger partial charge in [-0.2, -0.15) is 0 Å². The summed E-state index contributed by atoms with van der Waals surface area (Å²) >= 11 is 0. The third kappa shape index (κ3) is 3.68. The summed E-state index contributed by atoms with van der Waals surface area (Å²) in [6, 6.07) is 0. The average molecular weight is 199 g/mol. The van der Waals surface area contributed by atoms with Gasteiger partial charge in [0, 0.05) is 25.8 Å². The van der Waals surface area contributed by atoms with E-state index in [-0.39, 0.29) is 30.6 Å². The van der Waals surface area contributed by atoms with Gasteiger partial charge in [-0.3, -0.25) is 19.3 Å². The van der Waals surface area contributed by atoms with Crippen LogP contribution in [0.15, 0.2) is 0 Å². The molecule has 0 saturated carbocycles. The molecule has 1 aliphatic rings. The minimum absolute atomic E-state index is 0.00231. The molecule has 0 aliphatic carbocycles. The van der Waals surface area contributed by atoms with Crippen molar-refractivity contribution in [3.8, 4) is 0 Å². The van der Waals surface area contributed by atoms with E-state index in [9.17, 15) is 14.4 Å². The van der Waals surface area contributed by atoms with Crippen molar-refractivity contribution in [2.45, 2.75) is 40.0 Å². The van der Waals surface area contributed by atoms with Crippen molar-refractivity contribution in [1.29, 1.82) is 0 Å². The predicted molar refractivity (Wildman–Crippen MR) is 52.6 cm³/mol. The molecule has 0 aromatic carbocycles. The van der Waals surface area contributed by atoms with Crippen LogP contribution >= 0.6 is 0 Å². The molecule has 1 saturated heterocycles. The number of amides is 2. The number of nitrogens with zero attached hydrogens (tertiary/aromatic N) is 1. The Kier molecular flexibility index (Phi) is 5.76. The van der Waals surface area contributed by atoms with Gasteiger partial charge in [0.25, 0.3) is 0 Å². The van der Waals surface area contributed by atoms with Gasteiger partial charge in [0.2, 0.25) is 11.8 Å². The minimum Gasteiger partial charge on any atom is -0.300 e. The van der Waals surface area contributed by atoms with E-state index >= 15 is 0 Å². The molecule has 4 heteroatoms. The summed E-state index contributed by atoms with van der Waals surface area (Å²) < 4.78 is 0. The summed E-state index contributed by atoms with van der Waals surface area (Å²) in [5.41, 5.74) is 0. The van der Waals surface area contributed by atoms with Gasteiger partial charge in [-0.25, -0.2) is 0 Å².